The molecule has 12 nitrogen and oxygen atoms in total. The fraction of sp³-hybridized carbons (Fsp3) is 0.316. The highest BCUT2D eigenvalue weighted by molar-refractivity contribution is 7.14. The molecule has 0 aliphatic heterocycles. The van der Waals surface area contributed by atoms with Crippen LogP contribution in [0.3, 0.4) is 0 Å². The fourth-order valence-corrected chi connectivity index (χ4v) is 4.26. The molecular weight excluding hydrogens is 436 g/mol. The molecule has 4 aromatic rings. The summed E-state index contributed by atoms with van der Waals surface area (Å²) in [5.41, 5.74) is 1.21. The number of fused-ring (bicyclic) bond motifs is 1. The lowest BCUT2D eigenvalue weighted by Gasteiger charge is -2.12. The lowest BCUT2D eigenvalue weighted by molar-refractivity contribution is -0.139. The Bertz CT molecular complexity index is 1310. The van der Waals surface area contributed by atoms with E-state index in [0.29, 0.717) is 40.4 Å². The van der Waals surface area contributed by atoms with E-state index in [1.165, 1.54) is 11.3 Å². The minimum Gasteiger partial charge on any atom is -0.480 e. The van der Waals surface area contributed by atoms with Crippen molar-refractivity contribution >= 4 is 34.2 Å². The number of hydrogen-bond acceptors (Lipinski definition) is 8. The van der Waals surface area contributed by atoms with Crippen molar-refractivity contribution in [2.75, 3.05) is 0 Å². The van der Waals surface area contributed by atoms with Crippen LogP contribution in [0.15, 0.2) is 23.1 Å². The maximum absolute atomic E-state index is 12.5. The predicted molar refractivity (Wildman–Crippen MR) is 115 cm³/mol. The topological polar surface area (TPSA) is 182 Å². The number of carbonyl (C=O) groups is 2. The van der Waals surface area contributed by atoms with Crippen molar-refractivity contribution in [3.8, 4) is 0 Å². The minimum absolute atomic E-state index is 0.140. The number of carboxylic acid groups (broad SMARTS) is 1. The van der Waals surface area contributed by atoms with Gasteiger partial charge in [-0.15, -0.1) is 21.5 Å². The van der Waals surface area contributed by atoms with E-state index >= 15 is 0 Å². The first-order valence-electron chi connectivity index (χ1n) is 9.82. The molecule has 4 aromatic heterocycles. The SMILES string of the molecule is Cc1nc2[nH]cc(CCc3ccc(C(=O)NC(CCc4nn[nH]n4)C(=O)O)s3)c2c(=O)[nH]1. The molecule has 0 spiro atoms. The number of aromatic nitrogens is 7. The summed E-state index contributed by atoms with van der Waals surface area (Å²) in [6, 6.07) is 2.43. The number of nitrogens with zero attached hydrogens (tertiary/aromatic N) is 4. The van der Waals surface area contributed by atoms with Crippen molar-refractivity contribution in [3.05, 3.63) is 55.6 Å². The third kappa shape index (κ3) is 4.72. The van der Waals surface area contributed by atoms with Gasteiger partial charge in [0.15, 0.2) is 5.82 Å². The number of rotatable bonds is 9. The van der Waals surface area contributed by atoms with Crippen LogP contribution in [0.2, 0.25) is 0 Å². The molecule has 4 heterocycles. The second-order valence-electron chi connectivity index (χ2n) is 7.19. The number of aryl methyl sites for hydroxylation is 4. The van der Waals surface area contributed by atoms with E-state index in [0.717, 1.165) is 10.4 Å². The van der Waals surface area contributed by atoms with Gasteiger partial charge in [-0.3, -0.25) is 9.59 Å². The van der Waals surface area contributed by atoms with Crippen LogP contribution in [0.1, 0.15) is 38.2 Å². The maximum Gasteiger partial charge on any atom is 0.326 e. The van der Waals surface area contributed by atoms with Gasteiger partial charge in [0.25, 0.3) is 11.5 Å². The van der Waals surface area contributed by atoms with Gasteiger partial charge in [-0.1, -0.05) is 5.21 Å². The van der Waals surface area contributed by atoms with Crippen LogP contribution in [-0.4, -0.2) is 58.6 Å². The van der Waals surface area contributed by atoms with Gasteiger partial charge in [0.05, 0.1) is 10.3 Å². The molecule has 13 heteroatoms. The van der Waals surface area contributed by atoms with Crippen molar-refractivity contribution in [2.45, 2.75) is 38.6 Å². The molecule has 0 fully saturated rings. The average molecular weight is 456 g/mol. The molecule has 0 saturated heterocycles. The molecule has 166 valence electrons. The molecule has 1 amide bonds. The summed E-state index contributed by atoms with van der Waals surface area (Å²) >= 11 is 1.29. The molecule has 1 atom stereocenters. The van der Waals surface area contributed by atoms with E-state index in [1.807, 2.05) is 6.07 Å². The third-order valence-corrected chi connectivity index (χ3v) is 6.06. The summed E-state index contributed by atoms with van der Waals surface area (Å²) in [6.45, 7) is 1.72. The summed E-state index contributed by atoms with van der Waals surface area (Å²) in [5.74, 6) is -0.663. The Hall–Kier alpha value is -3.87. The lowest BCUT2D eigenvalue weighted by Crippen LogP contribution is -2.40. The molecule has 4 rings (SSSR count). The van der Waals surface area contributed by atoms with Crippen LogP contribution in [0.25, 0.3) is 11.0 Å². The number of carbonyl (C=O) groups excluding carboxylic acids is 1. The highest BCUT2D eigenvalue weighted by atomic mass is 32.1. The van der Waals surface area contributed by atoms with Crippen molar-refractivity contribution < 1.29 is 14.7 Å². The number of H-pyrrole nitrogens is 3. The Morgan fingerprint density at radius 3 is 2.84 bits per heavy atom. The van der Waals surface area contributed by atoms with E-state index in [-0.39, 0.29) is 18.4 Å². The number of aliphatic carboxylic acids is 1. The van der Waals surface area contributed by atoms with Gasteiger partial charge in [0.1, 0.15) is 17.5 Å². The molecule has 5 N–H and O–H groups in total. The smallest absolute Gasteiger partial charge is 0.326 e. The molecule has 0 aromatic carbocycles. The largest absolute Gasteiger partial charge is 0.480 e. The Morgan fingerprint density at radius 1 is 1.25 bits per heavy atom. The molecule has 0 bridgehead atoms. The quantitative estimate of drug-likeness (QED) is 0.244. The number of thiophene rings is 1. The zero-order valence-electron chi connectivity index (χ0n) is 17.0. The number of hydrogen-bond donors (Lipinski definition) is 5. The second kappa shape index (κ2) is 9.09. The molecule has 0 aliphatic carbocycles. The first-order chi connectivity index (χ1) is 15.4. The first kappa shape index (κ1) is 21.4. The summed E-state index contributed by atoms with van der Waals surface area (Å²) in [4.78, 5) is 47.7. The van der Waals surface area contributed by atoms with Gasteiger partial charge in [-0.05, 0) is 43.9 Å². The van der Waals surface area contributed by atoms with Crippen LogP contribution >= 0.6 is 11.3 Å². The third-order valence-electron chi connectivity index (χ3n) is 4.92. The Labute approximate surface area is 184 Å². The van der Waals surface area contributed by atoms with Crippen molar-refractivity contribution in [2.24, 2.45) is 0 Å². The van der Waals surface area contributed by atoms with Crippen molar-refractivity contribution in [3.63, 3.8) is 0 Å². The van der Waals surface area contributed by atoms with Gasteiger partial charge < -0.3 is 20.4 Å². The van der Waals surface area contributed by atoms with Gasteiger partial charge in [-0.25, -0.2) is 9.78 Å². The van der Waals surface area contributed by atoms with Crippen LogP contribution in [0.5, 0.6) is 0 Å². The van der Waals surface area contributed by atoms with Gasteiger partial charge in [0.2, 0.25) is 0 Å². The van der Waals surface area contributed by atoms with Gasteiger partial charge in [0, 0.05) is 17.5 Å². The standard InChI is InChI=1S/C19H20N8O4S/c1-9-21-16-15(18(29)22-9)10(8-20-16)2-3-11-4-6-13(32-11)17(28)23-12(19(30)31)5-7-14-24-26-27-25-14/h4,6,8,12H,2-3,5,7H2,1H3,(H,23,28)(H,30,31)(H2,20,21,22,29)(H,24,25,26,27). The number of nitrogens with one attached hydrogen (secondary N) is 4. The van der Waals surface area contributed by atoms with Crippen molar-refractivity contribution in [1.82, 2.24) is 40.9 Å². The summed E-state index contributed by atoms with van der Waals surface area (Å²) < 4.78 is 0. The van der Waals surface area contributed by atoms with E-state index in [2.05, 4.69) is 40.9 Å². The fourth-order valence-electron chi connectivity index (χ4n) is 3.35. The summed E-state index contributed by atoms with van der Waals surface area (Å²) in [6.07, 6.45) is 3.40. The Kier molecular flexibility index (Phi) is 6.07. The number of amides is 1. The van der Waals surface area contributed by atoms with Crippen LogP contribution in [0.4, 0.5) is 0 Å². The molecule has 0 saturated carbocycles. The zero-order chi connectivity index (χ0) is 22.7. The van der Waals surface area contributed by atoms with Crippen LogP contribution < -0.4 is 10.9 Å². The highest BCUT2D eigenvalue weighted by Gasteiger charge is 2.22. The average Bonchev–Trinajstić information content (AvgIpc) is 3.49. The van der Waals surface area contributed by atoms with E-state index in [4.69, 9.17) is 0 Å². The summed E-state index contributed by atoms with van der Waals surface area (Å²) in [7, 11) is 0. The van der Waals surface area contributed by atoms with E-state index in [9.17, 15) is 19.5 Å². The highest BCUT2D eigenvalue weighted by Crippen LogP contribution is 2.21. The monoisotopic (exact) mass is 456 g/mol. The molecular formula is C19H20N8O4S. The van der Waals surface area contributed by atoms with Gasteiger partial charge in [-0.2, -0.15) is 5.21 Å². The summed E-state index contributed by atoms with van der Waals surface area (Å²) in [5, 5.41) is 25.8. The molecule has 32 heavy (non-hydrogen) atoms. The number of aromatic amines is 3. The van der Waals surface area contributed by atoms with E-state index in [1.54, 1.807) is 19.2 Å². The minimum atomic E-state index is -1.13. The molecule has 0 radical (unpaired) electrons. The van der Waals surface area contributed by atoms with Crippen LogP contribution in [-0.2, 0) is 24.1 Å². The Balaban J connectivity index is 1.38. The zero-order valence-corrected chi connectivity index (χ0v) is 17.8. The number of carboxylic acids is 1. The normalized spacial score (nSPS) is 12.2. The van der Waals surface area contributed by atoms with Crippen molar-refractivity contribution in [1.29, 1.82) is 0 Å². The lowest BCUT2D eigenvalue weighted by atomic mass is 10.1. The first-order valence-corrected chi connectivity index (χ1v) is 10.6. The maximum atomic E-state index is 12.5. The van der Waals surface area contributed by atoms with Crippen LogP contribution in [0, 0.1) is 6.92 Å². The molecule has 1 unspecified atom stereocenters. The van der Waals surface area contributed by atoms with E-state index < -0.39 is 17.9 Å². The molecule has 0 aliphatic rings. The Morgan fingerprint density at radius 2 is 2.09 bits per heavy atom. The second-order valence-corrected chi connectivity index (χ2v) is 8.35. The predicted octanol–water partition coefficient (Wildman–Crippen LogP) is 0.735. The number of tetrazole rings is 1. The van der Waals surface area contributed by atoms with Gasteiger partial charge >= 0.3 is 5.97 Å².